The summed E-state index contributed by atoms with van der Waals surface area (Å²) in [6.45, 7) is 8.29. The highest BCUT2D eigenvalue weighted by Gasteiger charge is 2.25. The average molecular weight is 390 g/mol. The van der Waals surface area contributed by atoms with Gasteiger partial charge in [0.25, 0.3) is 5.56 Å². The van der Waals surface area contributed by atoms with E-state index in [0.717, 1.165) is 61.6 Å². The van der Waals surface area contributed by atoms with Gasteiger partial charge >= 0.3 is 0 Å². The second-order valence-electron chi connectivity index (χ2n) is 8.31. The minimum absolute atomic E-state index is 0.0274. The second kappa shape index (κ2) is 7.72. The van der Waals surface area contributed by atoms with Gasteiger partial charge in [-0.2, -0.15) is 0 Å². The van der Waals surface area contributed by atoms with Crippen LogP contribution in [-0.2, 0) is 24.2 Å². The van der Waals surface area contributed by atoms with Crippen molar-refractivity contribution in [2.75, 3.05) is 26.2 Å². The van der Waals surface area contributed by atoms with Crippen LogP contribution in [0.5, 0.6) is 0 Å². The van der Waals surface area contributed by atoms with Crippen LogP contribution in [0.3, 0.4) is 0 Å². The normalized spacial score (nSPS) is 18.3. The summed E-state index contributed by atoms with van der Waals surface area (Å²) in [4.78, 5) is 38.3. The van der Waals surface area contributed by atoms with Crippen molar-refractivity contribution < 1.29 is 9.69 Å². The molecular formula is C20H29N4O2S+. The predicted molar refractivity (Wildman–Crippen MR) is 107 cm³/mol. The van der Waals surface area contributed by atoms with Gasteiger partial charge in [-0.05, 0) is 37.2 Å². The van der Waals surface area contributed by atoms with Crippen molar-refractivity contribution in [3.05, 3.63) is 26.6 Å². The Kier molecular flexibility index (Phi) is 5.32. The molecule has 6 nitrogen and oxygen atoms in total. The van der Waals surface area contributed by atoms with Crippen LogP contribution in [0, 0.1) is 5.92 Å². The molecule has 1 saturated heterocycles. The molecule has 1 aliphatic heterocycles. The van der Waals surface area contributed by atoms with E-state index < -0.39 is 0 Å². The first kappa shape index (κ1) is 18.6. The van der Waals surface area contributed by atoms with Gasteiger partial charge in [0.15, 0.2) is 5.82 Å². The molecule has 0 bridgehead atoms. The zero-order chi connectivity index (χ0) is 19.0. The number of quaternary nitrogens is 1. The number of carbonyl (C=O) groups excluding carboxylic acids is 1. The molecule has 0 unspecified atom stereocenters. The molecular weight excluding hydrogens is 360 g/mol. The lowest BCUT2D eigenvalue weighted by molar-refractivity contribution is -0.918. The maximum absolute atomic E-state index is 12.7. The Morgan fingerprint density at radius 2 is 2.00 bits per heavy atom. The molecule has 0 spiro atoms. The number of hydrogen-bond acceptors (Lipinski definition) is 4. The van der Waals surface area contributed by atoms with Crippen molar-refractivity contribution in [2.24, 2.45) is 5.92 Å². The summed E-state index contributed by atoms with van der Waals surface area (Å²) in [7, 11) is 0. The van der Waals surface area contributed by atoms with Gasteiger partial charge in [0, 0.05) is 11.3 Å². The first-order valence-electron chi connectivity index (χ1n) is 10.2. The smallest absolute Gasteiger partial charge is 0.260 e. The lowest BCUT2D eigenvalue weighted by Gasteiger charge is -2.32. The van der Waals surface area contributed by atoms with E-state index in [4.69, 9.17) is 4.98 Å². The van der Waals surface area contributed by atoms with Crippen molar-refractivity contribution in [1.82, 2.24) is 14.9 Å². The molecule has 4 rings (SSSR count). The number of H-pyrrole nitrogens is 1. The van der Waals surface area contributed by atoms with E-state index in [1.54, 1.807) is 11.3 Å². The number of nitrogens with one attached hydrogen (secondary N) is 2. The van der Waals surface area contributed by atoms with Gasteiger partial charge < -0.3 is 14.8 Å². The van der Waals surface area contributed by atoms with Crippen LogP contribution in [0.2, 0.25) is 0 Å². The van der Waals surface area contributed by atoms with E-state index in [0.29, 0.717) is 12.3 Å². The first-order valence-corrected chi connectivity index (χ1v) is 11.0. The van der Waals surface area contributed by atoms with Gasteiger partial charge in [0.1, 0.15) is 11.4 Å². The van der Waals surface area contributed by atoms with E-state index in [9.17, 15) is 9.59 Å². The number of aryl methyl sites for hydroxylation is 2. The minimum atomic E-state index is 0.0274. The van der Waals surface area contributed by atoms with E-state index in [1.807, 2.05) is 4.90 Å². The fourth-order valence-electron chi connectivity index (χ4n) is 4.26. The Labute approximate surface area is 163 Å². The van der Waals surface area contributed by atoms with E-state index in [-0.39, 0.29) is 11.5 Å². The van der Waals surface area contributed by atoms with Crippen LogP contribution >= 0.6 is 11.3 Å². The van der Waals surface area contributed by atoms with Gasteiger partial charge in [-0.15, -0.1) is 11.3 Å². The molecule has 2 N–H and O–H groups in total. The number of amides is 1. The number of aromatic nitrogens is 2. The Hall–Kier alpha value is -1.73. The zero-order valence-corrected chi connectivity index (χ0v) is 17.1. The highest BCUT2D eigenvalue weighted by atomic mass is 32.1. The van der Waals surface area contributed by atoms with E-state index in [2.05, 4.69) is 18.8 Å². The molecule has 146 valence electrons. The van der Waals surface area contributed by atoms with Crippen molar-refractivity contribution in [1.29, 1.82) is 0 Å². The fraction of sp³-hybridized carbons (Fsp3) is 0.650. The van der Waals surface area contributed by atoms with Gasteiger partial charge in [-0.25, -0.2) is 4.98 Å². The molecule has 3 heterocycles. The van der Waals surface area contributed by atoms with Crippen molar-refractivity contribution in [3.63, 3.8) is 0 Å². The summed E-state index contributed by atoms with van der Waals surface area (Å²) in [6, 6.07) is 0. The Morgan fingerprint density at radius 3 is 2.74 bits per heavy atom. The van der Waals surface area contributed by atoms with Gasteiger partial charge in [-0.1, -0.05) is 13.8 Å². The van der Waals surface area contributed by atoms with E-state index >= 15 is 0 Å². The number of piperazine rings is 1. The Morgan fingerprint density at radius 1 is 1.26 bits per heavy atom. The number of rotatable bonds is 4. The largest absolute Gasteiger partial charge is 0.331 e. The molecule has 0 saturated carbocycles. The molecule has 27 heavy (non-hydrogen) atoms. The molecule has 2 aliphatic rings. The summed E-state index contributed by atoms with van der Waals surface area (Å²) >= 11 is 1.71. The van der Waals surface area contributed by atoms with Gasteiger partial charge in [0.2, 0.25) is 5.91 Å². The predicted octanol–water partition coefficient (Wildman–Crippen LogP) is 1.14. The fourth-order valence-corrected chi connectivity index (χ4v) is 5.54. The molecule has 1 aliphatic carbocycles. The van der Waals surface area contributed by atoms with Crippen LogP contribution < -0.4 is 10.5 Å². The minimum Gasteiger partial charge on any atom is -0.331 e. The molecule has 1 fully saturated rings. The SMILES string of the molecule is CC(C)CC(=O)N1CC[NH+](Cc2nc3sc4c(c3c(=O)[nH]2)CCCC4)CC1. The van der Waals surface area contributed by atoms with Crippen molar-refractivity contribution in [2.45, 2.75) is 52.5 Å². The lowest BCUT2D eigenvalue weighted by Crippen LogP contribution is -3.13. The summed E-state index contributed by atoms with van der Waals surface area (Å²) in [5.74, 6) is 1.45. The second-order valence-corrected chi connectivity index (χ2v) is 9.39. The van der Waals surface area contributed by atoms with Crippen LogP contribution in [0.4, 0.5) is 0 Å². The molecule has 2 aromatic rings. The molecule has 1 amide bonds. The highest BCUT2D eigenvalue weighted by molar-refractivity contribution is 7.18. The van der Waals surface area contributed by atoms with Crippen LogP contribution in [0.15, 0.2) is 4.79 Å². The third kappa shape index (κ3) is 3.94. The molecule has 2 aromatic heterocycles. The standard InChI is InChI=1S/C20H28N4O2S/c1-13(2)11-17(25)24-9-7-23(8-10-24)12-16-21-19(26)18-14-5-3-4-6-15(14)27-20(18)22-16/h13H,3-12H2,1-2H3,(H,21,22,26)/p+1. The number of thiophene rings is 1. The summed E-state index contributed by atoms with van der Waals surface area (Å²) in [6.07, 6.45) is 5.11. The third-order valence-electron chi connectivity index (χ3n) is 5.70. The zero-order valence-electron chi connectivity index (χ0n) is 16.3. The third-order valence-corrected chi connectivity index (χ3v) is 6.88. The van der Waals surface area contributed by atoms with Crippen LogP contribution in [0.1, 0.15) is 49.4 Å². The first-order chi connectivity index (χ1) is 13.0. The highest BCUT2D eigenvalue weighted by Crippen LogP contribution is 2.33. The number of carbonyl (C=O) groups is 1. The van der Waals surface area contributed by atoms with Crippen molar-refractivity contribution >= 4 is 27.5 Å². The summed E-state index contributed by atoms with van der Waals surface area (Å²) in [5.41, 5.74) is 1.27. The average Bonchev–Trinajstić information content (AvgIpc) is 3.00. The van der Waals surface area contributed by atoms with E-state index in [1.165, 1.54) is 28.2 Å². The quantitative estimate of drug-likeness (QED) is 0.824. The Bertz CT molecular complexity index is 893. The number of nitrogens with zero attached hydrogens (tertiary/aromatic N) is 2. The summed E-state index contributed by atoms with van der Waals surface area (Å²) in [5, 5.41) is 0.831. The maximum atomic E-state index is 12.7. The lowest BCUT2D eigenvalue weighted by atomic mass is 9.97. The molecule has 7 heteroatoms. The van der Waals surface area contributed by atoms with Crippen molar-refractivity contribution in [3.8, 4) is 0 Å². The van der Waals surface area contributed by atoms with Crippen LogP contribution in [0.25, 0.3) is 10.2 Å². The van der Waals surface area contributed by atoms with Gasteiger partial charge in [-0.3, -0.25) is 9.59 Å². The number of hydrogen-bond donors (Lipinski definition) is 2. The topological polar surface area (TPSA) is 70.5 Å². The number of fused-ring (bicyclic) bond motifs is 3. The molecule has 0 atom stereocenters. The monoisotopic (exact) mass is 389 g/mol. The molecule has 0 radical (unpaired) electrons. The van der Waals surface area contributed by atoms with Crippen LogP contribution in [-0.4, -0.2) is 47.0 Å². The Balaban J connectivity index is 1.44. The maximum Gasteiger partial charge on any atom is 0.260 e. The molecule has 0 aromatic carbocycles. The number of aromatic amines is 1. The summed E-state index contributed by atoms with van der Waals surface area (Å²) < 4.78 is 0. The van der Waals surface area contributed by atoms with Gasteiger partial charge in [0.05, 0.1) is 31.6 Å².